The van der Waals surface area contributed by atoms with E-state index in [4.69, 9.17) is 0 Å². The molecule has 11 rings (SSSR count). The second-order valence-electron chi connectivity index (χ2n) is 13.2. The Labute approximate surface area is 288 Å². The number of benzene rings is 8. The summed E-state index contributed by atoms with van der Waals surface area (Å²) in [4.78, 5) is 0. The van der Waals surface area contributed by atoms with Crippen molar-refractivity contribution in [3.8, 4) is 22.5 Å². The summed E-state index contributed by atoms with van der Waals surface area (Å²) in [6.07, 6.45) is 0. The Morgan fingerprint density at radius 1 is 0.280 bits per heavy atom. The molecule has 11 aromatic rings. The monoisotopic (exact) mass is 632 g/mol. The fourth-order valence-corrected chi connectivity index (χ4v) is 8.36. The molecule has 0 bridgehead atoms. The summed E-state index contributed by atoms with van der Waals surface area (Å²) >= 11 is 0. The van der Waals surface area contributed by atoms with Crippen molar-refractivity contribution in [2.45, 2.75) is 0 Å². The quantitative estimate of drug-likeness (QED) is 0.172. The van der Waals surface area contributed by atoms with Crippen LogP contribution in [-0.2, 0) is 0 Å². The van der Waals surface area contributed by atoms with Crippen molar-refractivity contribution in [3.63, 3.8) is 0 Å². The molecule has 0 N–H and O–H groups in total. The van der Waals surface area contributed by atoms with Crippen molar-refractivity contribution in [3.05, 3.63) is 182 Å². The van der Waals surface area contributed by atoms with Gasteiger partial charge in [0.25, 0.3) is 0 Å². The topological polar surface area (TPSA) is 9.86 Å². The summed E-state index contributed by atoms with van der Waals surface area (Å²) in [5.41, 5.74) is 9.49. The molecular weight excluding hydrogens is 605 g/mol. The van der Waals surface area contributed by atoms with Gasteiger partial charge in [-0.1, -0.05) is 121 Å². The molecular formula is C48H28N2. The zero-order chi connectivity index (χ0) is 32.8. The summed E-state index contributed by atoms with van der Waals surface area (Å²) in [7, 11) is 0. The van der Waals surface area contributed by atoms with Gasteiger partial charge in [0.2, 0.25) is 0 Å². The molecule has 230 valence electrons. The molecule has 0 aliphatic rings. The van der Waals surface area contributed by atoms with Crippen LogP contribution in [0.3, 0.4) is 0 Å². The molecule has 2 aromatic heterocycles. The van der Waals surface area contributed by atoms with E-state index in [0.717, 1.165) is 11.4 Å². The number of hydrogen-bond donors (Lipinski definition) is 0. The molecule has 0 amide bonds. The standard InChI is InChI=1S/C48H28N2/c1-2-16-37-35(14-1)36-15-3-4-17-38(36)44-30-34(25-27-39(37)44)50-47-23-10-7-20-42(47)43-26-24-32(29-48(43)50)31-12-11-13-33(28-31)49-45-21-8-5-18-40(45)41-19-6-9-22-46(41)49/h1-2,5-30H. The Balaban J connectivity index is 1.14. The van der Waals surface area contributed by atoms with Gasteiger partial charge in [-0.3, -0.25) is 0 Å². The summed E-state index contributed by atoms with van der Waals surface area (Å²) in [5.74, 6) is 0. The second-order valence-corrected chi connectivity index (χ2v) is 13.2. The van der Waals surface area contributed by atoms with Crippen LogP contribution in [0, 0.1) is 12.1 Å². The van der Waals surface area contributed by atoms with Gasteiger partial charge in [-0.25, -0.2) is 0 Å². The maximum absolute atomic E-state index is 3.23. The lowest BCUT2D eigenvalue weighted by Crippen LogP contribution is -1.95. The Bertz CT molecular complexity index is 3070. The van der Waals surface area contributed by atoms with E-state index >= 15 is 0 Å². The van der Waals surface area contributed by atoms with Crippen LogP contribution in [0.5, 0.6) is 0 Å². The first kappa shape index (κ1) is 27.2. The van der Waals surface area contributed by atoms with E-state index in [-0.39, 0.29) is 0 Å². The van der Waals surface area contributed by atoms with E-state index in [1.807, 2.05) is 0 Å². The first-order valence-electron chi connectivity index (χ1n) is 17.1. The van der Waals surface area contributed by atoms with E-state index in [2.05, 4.69) is 191 Å². The van der Waals surface area contributed by atoms with E-state index in [1.165, 1.54) is 87.1 Å². The minimum absolute atomic E-state index is 1.14. The minimum Gasteiger partial charge on any atom is -0.309 e. The minimum atomic E-state index is 1.14. The lowest BCUT2D eigenvalue weighted by atomic mass is 9.94. The average molecular weight is 633 g/mol. The molecule has 0 unspecified atom stereocenters. The molecule has 2 heterocycles. The van der Waals surface area contributed by atoms with Gasteiger partial charge in [0.15, 0.2) is 0 Å². The summed E-state index contributed by atoms with van der Waals surface area (Å²) in [5, 5.41) is 12.4. The van der Waals surface area contributed by atoms with Crippen LogP contribution in [-0.4, -0.2) is 9.13 Å². The smallest absolute Gasteiger partial charge is 0.0547 e. The predicted molar refractivity (Wildman–Crippen MR) is 211 cm³/mol. The Morgan fingerprint density at radius 3 is 1.40 bits per heavy atom. The number of para-hydroxylation sites is 3. The highest BCUT2D eigenvalue weighted by Crippen LogP contribution is 2.39. The molecule has 0 radical (unpaired) electrons. The first-order chi connectivity index (χ1) is 24.8. The van der Waals surface area contributed by atoms with Crippen molar-refractivity contribution in [1.29, 1.82) is 0 Å². The van der Waals surface area contributed by atoms with Gasteiger partial charge < -0.3 is 9.13 Å². The van der Waals surface area contributed by atoms with Gasteiger partial charge in [0.05, 0.1) is 22.1 Å². The van der Waals surface area contributed by atoms with Gasteiger partial charge in [0.1, 0.15) is 0 Å². The molecule has 0 spiro atoms. The van der Waals surface area contributed by atoms with Crippen molar-refractivity contribution in [2.24, 2.45) is 0 Å². The highest BCUT2D eigenvalue weighted by Gasteiger charge is 2.17. The number of aromatic nitrogens is 2. The summed E-state index contributed by atoms with van der Waals surface area (Å²) in [6, 6.07) is 68.3. The van der Waals surface area contributed by atoms with E-state index in [9.17, 15) is 0 Å². The third-order valence-corrected chi connectivity index (χ3v) is 10.6. The molecule has 0 atom stereocenters. The maximum atomic E-state index is 3.23. The third kappa shape index (κ3) is 3.81. The summed E-state index contributed by atoms with van der Waals surface area (Å²) in [6.45, 7) is 0. The van der Waals surface area contributed by atoms with E-state index in [0.29, 0.717) is 0 Å². The molecule has 0 saturated carbocycles. The van der Waals surface area contributed by atoms with Crippen LogP contribution >= 0.6 is 0 Å². The molecule has 50 heavy (non-hydrogen) atoms. The zero-order valence-electron chi connectivity index (χ0n) is 27.1. The second kappa shape index (κ2) is 10.3. The van der Waals surface area contributed by atoms with Gasteiger partial charge in [-0.2, -0.15) is 0 Å². The van der Waals surface area contributed by atoms with Crippen molar-refractivity contribution in [1.82, 2.24) is 9.13 Å². The average Bonchev–Trinajstić information content (AvgIpc) is 3.70. The molecule has 0 aliphatic heterocycles. The van der Waals surface area contributed by atoms with Crippen LogP contribution < -0.4 is 0 Å². The Morgan fingerprint density at radius 2 is 0.740 bits per heavy atom. The fraction of sp³-hybridized carbons (Fsp3) is 0. The molecule has 9 aromatic carbocycles. The van der Waals surface area contributed by atoms with Crippen molar-refractivity contribution < 1.29 is 0 Å². The molecule has 2 nitrogen and oxygen atoms in total. The SMILES string of the molecule is c1cc2c(cc#1)c1cc(-n3c4ccccc4c4ccc(-c5cccc(-n6c7ccccc7c7ccccc76)c5)cc43)ccc1c1ccccc21. The van der Waals surface area contributed by atoms with E-state index in [1.54, 1.807) is 0 Å². The highest BCUT2D eigenvalue weighted by atomic mass is 15.0. The van der Waals surface area contributed by atoms with Crippen LogP contribution in [0.2, 0.25) is 0 Å². The van der Waals surface area contributed by atoms with Crippen LogP contribution in [0.25, 0.3) is 98.4 Å². The summed E-state index contributed by atoms with van der Waals surface area (Å²) < 4.78 is 4.83. The van der Waals surface area contributed by atoms with Crippen molar-refractivity contribution >= 4 is 75.9 Å². The van der Waals surface area contributed by atoms with Gasteiger partial charge in [-0.05, 0) is 104 Å². The molecule has 0 aliphatic carbocycles. The molecule has 0 saturated heterocycles. The number of rotatable bonds is 3. The largest absolute Gasteiger partial charge is 0.309 e. The Kier molecular flexibility index (Phi) is 5.62. The van der Waals surface area contributed by atoms with E-state index < -0.39 is 0 Å². The fourth-order valence-electron chi connectivity index (χ4n) is 8.36. The van der Waals surface area contributed by atoms with Gasteiger partial charge in [0, 0.05) is 32.9 Å². The number of hydrogen-bond acceptors (Lipinski definition) is 0. The normalized spacial score (nSPS) is 11.8. The maximum Gasteiger partial charge on any atom is 0.0547 e. The number of fused-ring (bicyclic) bond motifs is 12. The van der Waals surface area contributed by atoms with Crippen LogP contribution in [0.4, 0.5) is 0 Å². The Hall–Kier alpha value is -6.82. The molecule has 0 fully saturated rings. The third-order valence-electron chi connectivity index (χ3n) is 10.6. The lowest BCUT2D eigenvalue weighted by molar-refractivity contribution is 1.18. The highest BCUT2D eigenvalue weighted by molar-refractivity contribution is 6.25. The van der Waals surface area contributed by atoms with Crippen molar-refractivity contribution in [2.75, 3.05) is 0 Å². The molecule has 2 heteroatoms. The van der Waals surface area contributed by atoms with Crippen LogP contribution in [0.1, 0.15) is 0 Å². The van der Waals surface area contributed by atoms with Gasteiger partial charge in [-0.15, -0.1) is 0 Å². The zero-order valence-corrected chi connectivity index (χ0v) is 27.1. The lowest BCUT2D eigenvalue weighted by Gasteiger charge is -2.14. The van der Waals surface area contributed by atoms with Gasteiger partial charge >= 0.3 is 0 Å². The first-order valence-corrected chi connectivity index (χ1v) is 17.1. The number of nitrogens with zero attached hydrogens (tertiary/aromatic N) is 2. The van der Waals surface area contributed by atoms with Crippen LogP contribution in [0.15, 0.2) is 170 Å². The predicted octanol–water partition coefficient (Wildman–Crippen LogP) is 12.6.